The first kappa shape index (κ1) is 15.6. The SMILES string of the molecule is CCNS(=O)(=O)CCNc1cc(NN)nc(CC)n1. The van der Waals surface area contributed by atoms with Crippen molar-refractivity contribution >= 4 is 21.7 Å². The van der Waals surface area contributed by atoms with Crippen LogP contribution in [0.1, 0.15) is 19.7 Å². The van der Waals surface area contributed by atoms with E-state index in [1.54, 1.807) is 13.0 Å². The Labute approximate surface area is 113 Å². The van der Waals surface area contributed by atoms with Gasteiger partial charge in [-0.25, -0.2) is 29.0 Å². The van der Waals surface area contributed by atoms with Crippen LogP contribution in [-0.4, -0.2) is 37.2 Å². The second-order valence-corrected chi connectivity index (χ2v) is 5.72. The molecule has 1 rings (SSSR count). The zero-order valence-corrected chi connectivity index (χ0v) is 11.9. The zero-order valence-electron chi connectivity index (χ0n) is 11.1. The molecule has 5 N–H and O–H groups in total. The van der Waals surface area contributed by atoms with E-state index in [2.05, 4.69) is 25.4 Å². The molecular formula is C10H20N6O2S. The number of anilines is 2. The Morgan fingerprint density at radius 3 is 2.53 bits per heavy atom. The van der Waals surface area contributed by atoms with Crippen molar-refractivity contribution in [3.8, 4) is 0 Å². The molecule has 0 aliphatic heterocycles. The Kier molecular flexibility index (Phi) is 5.93. The van der Waals surface area contributed by atoms with E-state index < -0.39 is 10.0 Å². The van der Waals surface area contributed by atoms with Crippen LogP contribution in [0.5, 0.6) is 0 Å². The molecule has 0 unspecified atom stereocenters. The summed E-state index contributed by atoms with van der Waals surface area (Å²) in [4.78, 5) is 8.37. The molecule has 0 aliphatic rings. The van der Waals surface area contributed by atoms with E-state index in [0.29, 0.717) is 30.4 Å². The van der Waals surface area contributed by atoms with Gasteiger partial charge in [-0.15, -0.1) is 0 Å². The zero-order chi connectivity index (χ0) is 14.3. The van der Waals surface area contributed by atoms with Crippen LogP contribution in [-0.2, 0) is 16.4 Å². The summed E-state index contributed by atoms with van der Waals surface area (Å²) in [6.45, 7) is 4.31. The van der Waals surface area contributed by atoms with E-state index in [-0.39, 0.29) is 12.3 Å². The van der Waals surface area contributed by atoms with Crippen LogP contribution in [0.3, 0.4) is 0 Å². The van der Waals surface area contributed by atoms with Crippen molar-refractivity contribution in [3.05, 3.63) is 11.9 Å². The summed E-state index contributed by atoms with van der Waals surface area (Å²) in [7, 11) is -3.23. The van der Waals surface area contributed by atoms with E-state index >= 15 is 0 Å². The number of hydrogen-bond donors (Lipinski definition) is 4. The second-order valence-electron chi connectivity index (χ2n) is 3.80. The predicted molar refractivity (Wildman–Crippen MR) is 75.2 cm³/mol. The Morgan fingerprint density at radius 1 is 1.26 bits per heavy atom. The number of nitrogen functional groups attached to an aromatic ring is 1. The topological polar surface area (TPSA) is 122 Å². The van der Waals surface area contributed by atoms with Crippen molar-refractivity contribution in [2.24, 2.45) is 5.84 Å². The summed E-state index contributed by atoms with van der Waals surface area (Å²) in [6, 6.07) is 1.62. The maximum Gasteiger partial charge on any atom is 0.213 e. The summed E-state index contributed by atoms with van der Waals surface area (Å²) < 4.78 is 25.3. The van der Waals surface area contributed by atoms with Gasteiger partial charge in [-0.1, -0.05) is 13.8 Å². The average Bonchev–Trinajstić information content (AvgIpc) is 2.37. The monoisotopic (exact) mass is 288 g/mol. The molecule has 1 aromatic rings. The number of nitrogens with one attached hydrogen (secondary N) is 3. The van der Waals surface area contributed by atoms with Gasteiger partial charge in [0.25, 0.3) is 0 Å². The van der Waals surface area contributed by atoms with Crippen LogP contribution in [0, 0.1) is 0 Å². The number of rotatable bonds is 8. The molecule has 0 aromatic carbocycles. The maximum atomic E-state index is 11.5. The number of nitrogens with two attached hydrogens (primary N) is 1. The van der Waals surface area contributed by atoms with Gasteiger partial charge in [-0.2, -0.15) is 0 Å². The smallest absolute Gasteiger partial charge is 0.213 e. The number of hydrazine groups is 1. The quantitative estimate of drug-likeness (QED) is 0.382. The summed E-state index contributed by atoms with van der Waals surface area (Å²) in [5.41, 5.74) is 2.45. The number of sulfonamides is 1. The molecule has 0 bridgehead atoms. The molecular weight excluding hydrogens is 268 g/mol. The molecule has 1 aromatic heterocycles. The highest BCUT2D eigenvalue weighted by Gasteiger charge is 2.08. The lowest BCUT2D eigenvalue weighted by Gasteiger charge is -2.09. The fourth-order valence-corrected chi connectivity index (χ4v) is 2.38. The first-order valence-corrected chi connectivity index (χ1v) is 7.71. The van der Waals surface area contributed by atoms with Gasteiger partial charge in [0.2, 0.25) is 10.0 Å². The number of aryl methyl sites for hydroxylation is 1. The highest BCUT2D eigenvalue weighted by Crippen LogP contribution is 2.10. The van der Waals surface area contributed by atoms with Crippen LogP contribution in [0.15, 0.2) is 6.07 Å². The molecule has 0 amide bonds. The van der Waals surface area contributed by atoms with Crippen LogP contribution >= 0.6 is 0 Å². The molecule has 19 heavy (non-hydrogen) atoms. The third-order valence-electron chi connectivity index (χ3n) is 2.28. The average molecular weight is 288 g/mol. The molecule has 0 aliphatic carbocycles. The Hall–Kier alpha value is -1.45. The lowest BCUT2D eigenvalue weighted by Crippen LogP contribution is -2.29. The minimum absolute atomic E-state index is 0.0162. The van der Waals surface area contributed by atoms with Crippen LogP contribution < -0.4 is 21.3 Å². The van der Waals surface area contributed by atoms with Gasteiger partial charge < -0.3 is 10.7 Å². The minimum atomic E-state index is -3.23. The minimum Gasteiger partial charge on any atom is -0.369 e. The molecule has 0 radical (unpaired) electrons. The van der Waals surface area contributed by atoms with Crippen molar-refractivity contribution in [2.75, 3.05) is 29.6 Å². The standard InChI is InChI=1S/C10H20N6O2S/c1-3-8-14-9(7-10(15-8)16-11)12-5-6-19(17,18)13-4-2/h7,13H,3-6,11H2,1-2H3,(H2,12,14,15,16). The van der Waals surface area contributed by atoms with Gasteiger partial charge >= 0.3 is 0 Å². The van der Waals surface area contributed by atoms with Gasteiger partial charge in [0.05, 0.1) is 5.75 Å². The molecule has 0 saturated carbocycles. The van der Waals surface area contributed by atoms with Crippen molar-refractivity contribution in [2.45, 2.75) is 20.3 Å². The molecule has 8 nitrogen and oxygen atoms in total. The van der Waals surface area contributed by atoms with Crippen LogP contribution in [0.25, 0.3) is 0 Å². The Bertz CT molecular complexity index is 482. The molecule has 0 fully saturated rings. The maximum absolute atomic E-state index is 11.5. The summed E-state index contributed by atoms with van der Waals surface area (Å²) in [5.74, 6) is 6.96. The fourth-order valence-electron chi connectivity index (χ4n) is 1.43. The molecule has 108 valence electrons. The van der Waals surface area contributed by atoms with E-state index in [0.717, 1.165) is 0 Å². The second kappa shape index (κ2) is 7.22. The third-order valence-corrected chi connectivity index (χ3v) is 3.75. The molecule has 0 spiro atoms. The third kappa shape index (κ3) is 5.37. The van der Waals surface area contributed by atoms with E-state index in [9.17, 15) is 8.42 Å². The molecule has 0 atom stereocenters. The van der Waals surface area contributed by atoms with E-state index in [4.69, 9.17) is 5.84 Å². The van der Waals surface area contributed by atoms with Crippen molar-refractivity contribution < 1.29 is 8.42 Å². The summed E-state index contributed by atoms with van der Waals surface area (Å²) in [6.07, 6.45) is 0.667. The molecule has 0 saturated heterocycles. The lowest BCUT2D eigenvalue weighted by atomic mass is 10.4. The van der Waals surface area contributed by atoms with Crippen molar-refractivity contribution in [1.29, 1.82) is 0 Å². The Morgan fingerprint density at radius 2 is 1.95 bits per heavy atom. The molecule has 9 heteroatoms. The molecule has 1 heterocycles. The van der Waals surface area contributed by atoms with Gasteiger partial charge in [-0.05, 0) is 0 Å². The predicted octanol–water partition coefficient (Wildman–Crippen LogP) is -0.324. The number of hydrogen-bond acceptors (Lipinski definition) is 7. The lowest BCUT2D eigenvalue weighted by molar-refractivity contribution is 0.584. The highest BCUT2D eigenvalue weighted by atomic mass is 32.2. The summed E-state index contributed by atoms with van der Waals surface area (Å²) >= 11 is 0. The fraction of sp³-hybridized carbons (Fsp3) is 0.600. The van der Waals surface area contributed by atoms with Crippen molar-refractivity contribution in [3.63, 3.8) is 0 Å². The number of aromatic nitrogens is 2. The van der Waals surface area contributed by atoms with Crippen molar-refractivity contribution in [1.82, 2.24) is 14.7 Å². The Balaban J connectivity index is 2.62. The first-order chi connectivity index (χ1) is 9.00. The first-order valence-electron chi connectivity index (χ1n) is 6.06. The van der Waals surface area contributed by atoms with Gasteiger partial charge in [0.15, 0.2) is 0 Å². The van der Waals surface area contributed by atoms with Gasteiger partial charge in [0.1, 0.15) is 17.5 Å². The van der Waals surface area contributed by atoms with Gasteiger partial charge in [0, 0.05) is 25.6 Å². The van der Waals surface area contributed by atoms with E-state index in [1.165, 1.54) is 0 Å². The largest absolute Gasteiger partial charge is 0.369 e. The van der Waals surface area contributed by atoms with Crippen LogP contribution in [0.4, 0.5) is 11.6 Å². The van der Waals surface area contributed by atoms with Gasteiger partial charge in [-0.3, -0.25) is 0 Å². The summed E-state index contributed by atoms with van der Waals surface area (Å²) in [5, 5.41) is 2.94. The van der Waals surface area contributed by atoms with Crippen LogP contribution in [0.2, 0.25) is 0 Å². The van der Waals surface area contributed by atoms with E-state index in [1.807, 2.05) is 6.92 Å². The normalized spacial score (nSPS) is 11.3. The number of nitrogens with zero attached hydrogens (tertiary/aromatic N) is 2. The highest BCUT2D eigenvalue weighted by molar-refractivity contribution is 7.89.